The Balaban J connectivity index is 1.05. The normalized spacial score (nSPS) is 36.2. The summed E-state index contributed by atoms with van der Waals surface area (Å²) in [6.07, 6.45) is 6.16. The number of fused-ring (bicyclic) bond motifs is 1. The minimum absolute atomic E-state index is 0.0240. The van der Waals surface area contributed by atoms with Crippen LogP contribution in [0.4, 0.5) is 0 Å². The van der Waals surface area contributed by atoms with Crippen molar-refractivity contribution in [2.75, 3.05) is 18.8 Å². The number of hydroxylamine groups is 1. The van der Waals surface area contributed by atoms with Crippen LogP contribution in [0.25, 0.3) is 0 Å². The maximum atomic E-state index is 12.2. The molecule has 7 unspecified atom stereocenters. The predicted molar refractivity (Wildman–Crippen MR) is 122 cm³/mol. The SMILES string of the molecule is O=C(CCC1NC(C2CSC([N+](=O)[O-])C2)NO1)NCCCNC1NNC(=O)C2CCCCC12. The van der Waals surface area contributed by atoms with Gasteiger partial charge in [-0.2, -0.15) is 5.48 Å². The summed E-state index contributed by atoms with van der Waals surface area (Å²) in [6.45, 7) is 1.33. The van der Waals surface area contributed by atoms with Gasteiger partial charge < -0.3 is 10.6 Å². The van der Waals surface area contributed by atoms with E-state index in [1.807, 2.05) is 0 Å². The number of nitro groups is 1. The van der Waals surface area contributed by atoms with E-state index in [-0.39, 0.29) is 47.1 Å². The average molecular weight is 486 g/mol. The highest BCUT2D eigenvalue weighted by Gasteiger charge is 2.41. The van der Waals surface area contributed by atoms with Crippen molar-refractivity contribution in [1.82, 2.24) is 32.3 Å². The van der Waals surface area contributed by atoms with Gasteiger partial charge in [0.1, 0.15) is 6.23 Å². The van der Waals surface area contributed by atoms with Crippen molar-refractivity contribution in [2.24, 2.45) is 17.8 Å². The van der Waals surface area contributed by atoms with Crippen LogP contribution in [0, 0.1) is 27.9 Å². The van der Waals surface area contributed by atoms with Crippen LogP contribution in [-0.4, -0.2) is 59.5 Å². The van der Waals surface area contributed by atoms with Gasteiger partial charge in [0.25, 0.3) is 5.37 Å². The number of thioether (sulfide) groups is 1. The van der Waals surface area contributed by atoms with E-state index >= 15 is 0 Å². The lowest BCUT2D eigenvalue weighted by atomic mass is 9.76. The van der Waals surface area contributed by atoms with Crippen LogP contribution >= 0.6 is 11.8 Å². The number of amides is 2. The third-order valence-electron chi connectivity index (χ3n) is 7.03. The third kappa shape index (κ3) is 6.55. The summed E-state index contributed by atoms with van der Waals surface area (Å²) in [5.41, 5.74) is 8.80. The third-order valence-corrected chi connectivity index (χ3v) is 8.40. The highest BCUT2D eigenvalue weighted by atomic mass is 32.2. The molecule has 33 heavy (non-hydrogen) atoms. The lowest BCUT2D eigenvalue weighted by molar-refractivity contribution is -0.495. The first-order chi connectivity index (χ1) is 16.0. The molecular formula is C20H35N7O5S. The highest BCUT2D eigenvalue weighted by molar-refractivity contribution is 7.99. The molecule has 0 aromatic carbocycles. The zero-order valence-corrected chi connectivity index (χ0v) is 19.5. The fourth-order valence-corrected chi connectivity index (χ4v) is 6.47. The molecule has 0 radical (unpaired) electrons. The van der Waals surface area contributed by atoms with Gasteiger partial charge >= 0.3 is 0 Å². The second-order valence-electron chi connectivity index (χ2n) is 9.30. The summed E-state index contributed by atoms with van der Waals surface area (Å²) in [4.78, 5) is 40.4. The van der Waals surface area contributed by atoms with Crippen LogP contribution in [0.5, 0.6) is 0 Å². The molecule has 0 bridgehead atoms. The molecule has 13 heteroatoms. The quantitative estimate of drug-likeness (QED) is 0.139. The Bertz CT molecular complexity index is 716. The van der Waals surface area contributed by atoms with Crippen LogP contribution in [0.2, 0.25) is 0 Å². The van der Waals surface area contributed by atoms with Crippen molar-refractivity contribution in [3.8, 4) is 0 Å². The second kappa shape index (κ2) is 11.8. The van der Waals surface area contributed by atoms with Crippen LogP contribution in [0.1, 0.15) is 51.4 Å². The van der Waals surface area contributed by atoms with Crippen molar-refractivity contribution in [1.29, 1.82) is 0 Å². The van der Waals surface area contributed by atoms with E-state index in [9.17, 15) is 19.7 Å². The summed E-state index contributed by atoms with van der Waals surface area (Å²) < 4.78 is 0. The van der Waals surface area contributed by atoms with Crippen molar-refractivity contribution in [3.05, 3.63) is 10.1 Å². The number of hydrogen-bond donors (Lipinski definition) is 6. The zero-order valence-electron chi connectivity index (χ0n) is 18.7. The average Bonchev–Trinajstić information content (AvgIpc) is 3.49. The molecule has 0 aromatic rings. The summed E-state index contributed by atoms with van der Waals surface area (Å²) in [7, 11) is 0. The van der Waals surface area contributed by atoms with Crippen molar-refractivity contribution in [2.45, 2.75) is 75.3 Å². The first-order valence-electron chi connectivity index (χ1n) is 12.0. The van der Waals surface area contributed by atoms with E-state index in [4.69, 9.17) is 4.84 Å². The largest absolute Gasteiger partial charge is 0.356 e. The Morgan fingerprint density at radius 3 is 2.94 bits per heavy atom. The Morgan fingerprint density at radius 2 is 2.12 bits per heavy atom. The van der Waals surface area contributed by atoms with Gasteiger partial charge in [0.05, 0.1) is 12.3 Å². The molecule has 1 aliphatic carbocycles. The van der Waals surface area contributed by atoms with Crippen molar-refractivity contribution >= 4 is 23.6 Å². The van der Waals surface area contributed by atoms with Gasteiger partial charge in [-0.25, -0.2) is 5.43 Å². The van der Waals surface area contributed by atoms with Crippen LogP contribution in [0.15, 0.2) is 0 Å². The Hall–Kier alpha value is -1.51. The molecule has 12 nitrogen and oxygen atoms in total. The zero-order chi connectivity index (χ0) is 23.2. The first kappa shape index (κ1) is 24.6. The number of nitrogens with zero attached hydrogens (tertiary/aromatic N) is 1. The van der Waals surface area contributed by atoms with Gasteiger partial charge in [-0.3, -0.25) is 35.3 Å². The van der Waals surface area contributed by atoms with Gasteiger partial charge in [-0.15, -0.1) is 0 Å². The lowest BCUT2D eigenvalue weighted by Crippen LogP contribution is -2.64. The monoisotopic (exact) mass is 485 g/mol. The molecule has 1 saturated carbocycles. The number of nitrogens with one attached hydrogen (secondary N) is 6. The lowest BCUT2D eigenvalue weighted by Gasteiger charge is -2.41. The summed E-state index contributed by atoms with van der Waals surface area (Å²) in [6, 6.07) is 0. The molecule has 3 heterocycles. The van der Waals surface area contributed by atoms with Gasteiger partial charge in [0.15, 0.2) is 0 Å². The molecule has 3 aliphatic heterocycles. The highest BCUT2D eigenvalue weighted by Crippen LogP contribution is 2.34. The van der Waals surface area contributed by atoms with E-state index in [0.29, 0.717) is 37.5 Å². The van der Waals surface area contributed by atoms with E-state index in [0.717, 1.165) is 32.2 Å². The molecule has 3 saturated heterocycles. The smallest absolute Gasteiger partial charge is 0.258 e. The summed E-state index contributed by atoms with van der Waals surface area (Å²) >= 11 is 1.37. The molecule has 2 amide bonds. The topological polar surface area (TPSA) is 159 Å². The molecule has 0 spiro atoms. The number of hydrogen-bond acceptors (Lipinski definition) is 10. The molecule has 0 aromatic heterocycles. The number of rotatable bonds is 10. The predicted octanol–water partition coefficient (Wildman–Crippen LogP) is -0.238. The number of carbonyl (C=O) groups excluding carboxylic acids is 2. The fraction of sp³-hybridized carbons (Fsp3) is 0.900. The van der Waals surface area contributed by atoms with E-state index in [1.165, 1.54) is 18.2 Å². The minimum Gasteiger partial charge on any atom is -0.356 e. The van der Waals surface area contributed by atoms with E-state index in [2.05, 4.69) is 32.3 Å². The van der Waals surface area contributed by atoms with Crippen molar-refractivity contribution in [3.63, 3.8) is 0 Å². The molecule has 4 aliphatic rings. The molecule has 4 fully saturated rings. The number of hydrazine groups is 1. The van der Waals surface area contributed by atoms with Gasteiger partial charge in [0.2, 0.25) is 11.8 Å². The fourth-order valence-electron chi connectivity index (χ4n) is 5.17. The van der Waals surface area contributed by atoms with Gasteiger partial charge in [-0.05, 0) is 32.2 Å². The van der Waals surface area contributed by atoms with Crippen LogP contribution in [0.3, 0.4) is 0 Å². The van der Waals surface area contributed by atoms with Crippen LogP contribution in [-0.2, 0) is 14.4 Å². The molecule has 186 valence electrons. The maximum Gasteiger partial charge on any atom is 0.258 e. The minimum atomic E-state index is -0.547. The summed E-state index contributed by atoms with van der Waals surface area (Å²) in [5, 5.41) is 20.1. The number of carbonyl (C=O) groups is 2. The summed E-state index contributed by atoms with van der Waals surface area (Å²) in [5.74, 6) is 1.35. The standard InChI is InChI=1S/C20H35N7O5S/c28-15(6-7-16-23-18(26-32-16)12-10-17(27(30)31)33-11-12)21-8-3-9-22-19-13-4-1-2-5-14(13)20(29)25-24-19/h12-14,16-19,22-24,26H,1-11H2,(H,21,28)(H,25,29). The Labute approximate surface area is 197 Å². The van der Waals surface area contributed by atoms with Crippen molar-refractivity contribution < 1.29 is 19.3 Å². The maximum absolute atomic E-state index is 12.2. The second-order valence-corrected chi connectivity index (χ2v) is 10.5. The molecule has 4 rings (SSSR count). The molecular weight excluding hydrogens is 450 g/mol. The van der Waals surface area contributed by atoms with Gasteiger partial charge in [0, 0.05) is 47.8 Å². The van der Waals surface area contributed by atoms with E-state index < -0.39 is 5.37 Å². The van der Waals surface area contributed by atoms with Gasteiger partial charge in [-0.1, -0.05) is 24.6 Å². The first-order valence-corrected chi connectivity index (χ1v) is 13.0. The van der Waals surface area contributed by atoms with E-state index in [1.54, 1.807) is 0 Å². The van der Waals surface area contributed by atoms with Crippen LogP contribution < -0.4 is 32.3 Å². The molecule has 7 atom stereocenters. The Kier molecular flexibility index (Phi) is 8.77. The Morgan fingerprint density at radius 1 is 1.27 bits per heavy atom. The molecule has 6 N–H and O–H groups in total.